The molecule has 140 valence electrons. The van der Waals surface area contributed by atoms with Gasteiger partial charge in [-0.2, -0.15) is 18.4 Å². The van der Waals surface area contributed by atoms with Gasteiger partial charge in [-0.05, 0) is 37.6 Å². The third-order valence-electron chi connectivity index (χ3n) is 4.05. The van der Waals surface area contributed by atoms with Gasteiger partial charge in [-0.15, -0.1) is 0 Å². The summed E-state index contributed by atoms with van der Waals surface area (Å²) in [4.78, 5) is 24.6. The summed E-state index contributed by atoms with van der Waals surface area (Å²) < 4.78 is 46.1. The van der Waals surface area contributed by atoms with Gasteiger partial charge in [-0.1, -0.05) is 11.6 Å². The molecule has 6 nitrogen and oxygen atoms in total. The van der Waals surface area contributed by atoms with Crippen LogP contribution >= 0.6 is 11.6 Å². The number of amides is 1. The highest BCUT2D eigenvalue weighted by molar-refractivity contribution is 6.30. The maximum absolute atomic E-state index is 13.8. The van der Waals surface area contributed by atoms with Crippen LogP contribution < -0.4 is 4.90 Å². The van der Waals surface area contributed by atoms with E-state index >= 15 is 0 Å². The van der Waals surface area contributed by atoms with Gasteiger partial charge in [0.1, 0.15) is 11.8 Å². The van der Waals surface area contributed by atoms with E-state index in [4.69, 9.17) is 16.9 Å². The SMILES string of the molecule is CCOC(=O)C1CC(C#N)C(=O)N(c2ccc(Cl)cc2)C1(O)C(F)(F)F. The van der Waals surface area contributed by atoms with Crippen LogP contribution in [0.1, 0.15) is 13.3 Å². The predicted molar refractivity (Wildman–Crippen MR) is 83.8 cm³/mol. The number of hydrogen-bond acceptors (Lipinski definition) is 5. The zero-order chi connectivity index (χ0) is 19.7. The lowest BCUT2D eigenvalue weighted by atomic mass is 9.79. The van der Waals surface area contributed by atoms with Gasteiger partial charge in [0.25, 0.3) is 5.72 Å². The Hall–Kier alpha value is -2.31. The number of rotatable bonds is 3. The van der Waals surface area contributed by atoms with Crippen LogP contribution in [-0.4, -0.2) is 35.5 Å². The number of ether oxygens (including phenoxy) is 1. The zero-order valence-corrected chi connectivity index (χ0v) is 14.2. The lowest BCUT2D eigenvalue weighted by Crippen LogP contribution is -2.71. The molecule has 3 atom stereocenters. The number of esters is 1. The third kappa shape index (κ3) is 3.22. The zero-order valence-electron chi connectivity index (χ0n) is 13.5. The Morgan fingerprint density at radius 2 is 2.04 bits per heavy atom. The fourth-order valence-corrected chi connectivity index (χ4v) is 2.96. The first-order valence-corrected chi connectivity index (χ1v) is 7.90. The number of piperidine rings is 1. The van der Waals surface area contributed by atoms with Crippen LogP contribution in [0.2, 0.25) is 5.02 Å². The molecule has 0 aliphatic carbocycles. The fourth-order valence-electron chi connectivity index (χ4n) is 2.83. The van der Waals surface area contributed by atoms with Crippen molar-refractivity contribution in [2.75, 3.05) is 11.5 Å². The normalized spacial score (nSPS) is 26.3. The van der Waals surface area contributed by atoms with Crippen molar-refractivity contribution < 1.29 is 32.6 Å². The van der Waals surface area contributed by atoms with Gasteiger partial charge < -0.3 is 9.84 Å². The van der Waals surface area contributed by atoms with Gasteiger partial charge in [-0.25, -0.2) is 0 Å². The number of alkyl halides is 3. The lowest BCUT2D eigenvalue weighted by Gasteiger charge is -2.48. The minimum atomic E-state index is -5.39. The van der Waals surface area contributed by atoms with E-state index in [1.807, 2.05) is 0 Å². The topological polar surface area (TPSA) is 90.6 Å². The number of nitrogens with zero attached hydrogens (tertiary/aromatic N) is 2. The van der Waals surface area contributed by atoms with Crippen molar-refractivity contribution in [1.82, 2.24) is 0 Å². The number of anilines is 1. The molecule has 1 aromatic rings. The van der Waals surface area contributed by atoms with Crippen LogP contribution in [0.3, 0.4) is 0 Å². The molecule has 0 saturated carbocycles. The average molecular weight is 391 g/mol. The highest BCUT2D eigenvalue weighted by Crippen LogP contribution is 2.48. The predicted octanol–water partition coefficient (Wildman–Crippen LogP) is 2.65. The average Bonchev–Trinajstić information content (AvgIpc) is 2.56. The van der Waals surface area contributed by atoms with E-state index in [0.717, 1.165) is 12.1 Å². The number of carbonyl (C=O) groups excluding carboxylic acids is 2. The summed E-state index contributed by atoms with van der Waals surface area (Å²) in [5.41, 5.74) is -4.22. The van der Waals surface area contributed by atoms with Crippen LogP contribution in [0.4, 0.5) is 18.9 Å². The Labute approximate surface area is 151 Å². The molecule has 26 heavy (non-hydrogen) atoms. The van der Waals surface area contributed by atoms with Crippen molar-refractivity contribution in [2.24, 2.45) is 11.8 Å². The summed E-state index contributed by atoms with van der Waals surface area (Å²) in [6.07, 6.45) is -6.20. The van der Waals surface area contributed by atoms with Gasteiger partial charge in [0.15, 0.2) is 0 Å². The van der Waals surface area contributed by atoms with E-state index in [9.17, 15) is 27.9 Å². The molecule has 1 heterocycles. The molecular weight excluding hydrogens is 377 g/mol. The molecule has 1 aromatic carbocycles. The van der Waals surface area contributed by atoms with Crippen LogP contribution in [0.15, 0.2) is 24.3 Å². The lowest BCUT2D eigenvalue weighted by molar-refractivity contribution is -0.283. The van der Waals surface area contributed by atoms with Crippen molar-refractivity contribution in [2.45, 2.75) is 25.2 Å². The first kappa shape index (κ1) is 20.0. The highest BCUT2D eigenvalue weighted by atomic mass is 35.5. The monoisotopic (exact) mass is 390 g/mol. The highest BCUT2D eigenvalue weighted by Gasteiger charge is 2.69. The fraction of sp³-hybridized carbons (Fsp3) is 0.438. The molecule has 0 radical (unpaired) electrons. The van der Waals surface area contributed by atoms with Gasteiger partial charge in [0.05, 0.1) is 12.7 Å². The molecule has 0 aromatic heterocycles. The molecule has 1 aliphatic rings. The molecule has 3 unspecified atom stereocenters. The third-order valence-corrected chi connectivity index (χ3v) is 4.30. The Morgan fingerprint density at radius 3 is 2.50 bits per heavy atom. The smallest absolute Gasteiger partial charge is 0.437 e. The van der Waals surface area contributed by atoms with E-state index < -0.39 is 42.0 Å². The number of hydrogen-bond donors (Lipinski definition) is 1. The Kier molecular flexibility index (Phi) is 5.49. The van der Waals surface area contributed by atoms with Crippen molar-refractivity contribution in [1.29, 1.82) is 5.26 Å². The molecule has 2 rings (SSSR count). The van der Waals surface area contributed by atoms with Crippen LogP contribution in [0, 0.1) is 23.2 Å². The number of benzene rings is 1. The van der Waals surface area contributed by atoms with Gasteiger partial charge >= 0.3 is 12.1 Å². The Morgan fingerprint density at radius 1 is 1.46 bits per heavy atom. The molecule has 1 saturated heterocycles. The number of halogens is 4. The van der Waals surface area contributed by atoms with Crippen molar-refractivity contribution >= 4 is 29.2 Å². The summed E-state index contributed by atoms with van der Waals surface area (Å²) in [5.74, 6) is -6.35. The second-order valence-corrected chi connectivity index (χ2v) is 6.03. The van der Waals surface area contributed by atoms with E-state index in [0.29, 0.717) is 0 Å². The minimum absolute atomic E-state index is 0.0301. The van der Waals surface area contributed by atoms with Gasteiger partial charge in [0, 0.05) is 10.7 Å². The van der Waals surface area contributed by atoms with Crippen molar-refractivity contribution in [3.05, 3.63) is 29.3 Å². The number of carbonyl (C=O) groups is 2. The standard InChI is InChI=1S/C16H14ClF3N2O4/c1-2-26-14(24)12-7-9(8-21)13(23)22(15(12,25)16(18,19)20)11-5-3-10(17)4-6-11/h3-6,9,12,25H,2,7H2,1H3. The summed E-state index contributed by atoms with van der Waals surface area (Å²) in [6, 6.07) is 6.18. The molecule has 1 aliphatic heterocycles. The first-order chi connectivity index (χ1) is 12.1. The van der Waals surface area contributed by atoms with Gasteiger partial charge in [0.2, 0.25) is 5.91 Å². The molecule has 0 bridgehead atoms. The second kappa shape index (κ2) is 7.13. The molecule has 0 spiro atoms. The van der Waals surface area contributed by atoms with E-state index in [1.54, 1.807) is 6.07 Å². The molecule has 10 heteroatoms. The number of nitriles is 1. The Balaban J connectivity index is 2.68. The summed E-state index contributed by atoms with van der Waals surface area (Å²) in [6.45, 7) is 1.16. The first-order valence-electron chi connectivity index (χ1n) is 7.52. The quantitative estimate of drug-likeness (QED) is 0.801. The van der Waals surface area contributed by atoms with E-state index in [2.05, 4.69) is 4.74 Å². The van der Waals surface area contributed by atoms with Crippen LogP contribution in [0.5, 0.6) is 0 Å². The maximum atomic E-state index is 13.8. The van der Waals surface area contributed by atoms with Crippen molar-refractivity contribution in [3.8, 4) is 6.07 Å². The van der Waals surface area contributed by atoms with Crippen LogP contribution in [0.25, 0.3) is 0 Å². The second-order valence-electron chi connectivity index (χ2n) is 5.60. The summed E-state index contributed by atoms with van der Waals surface area (Å²) >= 11 is 5.71. The van der Waals surface area contributed by atoms with Crippen molar-refractivity contribution in [3.63, 3.8) is 0 Å². The van der Waals surface area contributed by atoms with Gasteiger partial charge in [-0.3, -0.25) is 14.5 Å². The van der Waals surface area contributed by atoms with Crippen LogP contribution in [-0.2, 0) is 14.3 Å². The molecule has 1 amide bonds. The maximum Gasteiger partial charge on any atom is 0.437 e. The molecule has 1 N–H and O–H groups in total. The van der Waals surface area contributed by atoms with E-state index in [1.165, 1.54) is 19.1 Å². The number of aliphatic hydroxyl groups is 1. The van der Waals surface area contributed by atoms with E-state index in [-0.39, 0.29) is 22.2 Å². The Bertz CT molecular complexity index is 747. The minimum Gasteiger partial charge on any atom is -0.466 e. The summed E-state index contributed by atoms with van der Waals surface area (Å²) in [7, 11) is 0. The largest absolute Gasteiger partial charge is 0.466 e. The summed E-state index contributed by atoms with van der Waals surface area (Å²) in [5, 5.41) is 19.9. The molecule has 1 fully saturated rings. The molecular formula is C16H14ClF3N2O4.